The smallest absolute Gasteiger partial charge is 0.322 e. The highest BCUT2D eigenvalue weighted by Crippen LogP contribution is 2.33. The van der Waals surface area contributed by atoms with Crippen molar-refractivity contribution in [1.82, 2.24) is 20.0 Å². The van der Waals surface area contributed by atoms with Gasteiger partial charge in [-0.2, -0.15) is 5.10 Å². The van der Waals surface area contributed by atoms with E-state index in [1.807, 2.05) is 27.1 Å². The maximum Gasteiger partial charge on any atom is 0.322 e. The fourth-order valence-electron chi connectivity index (χ4n) is 3.31. The Kier molecular flexibility index (Phi) is 5.65. The van der Waals surface area contributed by atoms with Gasteiger partial charge in [0.25, 0.3) is 0 Å². The molecule has 2 N–H and O–H groups in total. The number of carbonyl (C=O) groups is 1. The normalized spacial score (nSPS) is 21.8. The number of nitrogens with one attached hydrogen (secondary N) is 1. The van der Waals surface area contributed by atoms with Crippen LogP contribution in [-0.2, 0) is 11.8 Å². The van der Waals surface area contributed by atoms with Gasteiger partial charge in [-0.25, -0.2) is 9.79 Å². The highest BCUT2D eigenvalue weighted by Gasteiger charge is 2.27. The van der Waals surface area contributed by atoms with E-state index in [9.17, 15) is 9.90 Å². The zero-order valence-electron chi connectivity index (χ0n) is 16.3. The molecule has 0 atom stereocenters. The number of methoxy groups -OCH3 is 1. The Bertz CT molecular complexity index is 813. The van der Waals surface area contributed by atoms with E-state index >= 15 is 0 Å². The fraction of sp³-hybridized carbons (Fsp3) is 0.526. The molecule has 2 amide bonds. The molecule has 8 heteroatoms. The topological polar surface area (TPSA) is 92.0 Å². The number of amides is 2. The fourth-order valence-corrected chi connectivity index (χ4v) is 3.31. The van der Waals surface area contributed by atoms with Gasteiger partial charge in [0.1, 0.15) is 5.84 Å². The summed E-state index contributed by atoms with van der Waals surface area (Å²) in [4.78, 5) is 18.9. The highest BCUT2D eigenvalue weighted by atomic mass is 16.5. The monoisotopic (exact) mass is 373 g/mol. The van der Waals surface area contributed by atoms with Crippen LogP contribution in [0.2, 0.25) is 0 Å². The Morgan fingerprint density at radius 3 is 2.63 bits per heavy atom. The minimum atomic E-state index is -0.312. The van der Waals surface area contributed by atoms with Gasteiger partial charge in [-0.3, -0.25) is 10.00 Å². The minimum Gasteiger partial charge on any atom is -0.501 e. The summed E-state index contributed by atoms with van der Waals surface area (Å²) in [6, 6.07) is -0.171. The molecule has 1 aromatic rings. The number of aromatic nitrogens is 2. The van der Waals surface area contributed by atoms with Crippen molar-refractivity contribution in [1.29, 1.82) is 0 Å². The predicted molar refractivity (Wildman–Crippen MR) is 103 cm³/mol. The summed E-state index contributed by atoms with van der Waals surface area (Å²) >= 11 is 0. The molecule has 0 unspecified atom stereocenters. The van der Waals surface area contributed by atoms with E-state index < -0.39 is 0 Å². The van der Waals surface area contributed by atoms with Crippen LogP contribution in [0.25, 0.3) is 5.57 Å². The third kappa shape index (κ3) is 4.21. The molecular weight excluding hydrogens is 346 g/mol. The van der Waals surface area contributed by atoms with Gasteiger partial charge in [0.05, 0.1) is 30.9 Å². The lowest BCUT2D eigenvalue weighted by Crippen LogP contribution is -2.47. The van der Waals surface area contributed by atoms with Gasteiger partial charge in [-0.1, -0.05) is 0 Å². The second-order valence-electron chi connectivity index (χ2n) is 7.00. The van der Waals surface area contributed by atoms with Gasteiger partial charge < -0.3 is 14.7 Å². The van der Waals surface area contributed by atoms with Crippen molar-refractivity contribution in [2.24, 2.45) is 12.0 Å². The zero-order valence-corrected chi connectivity index (χ0v) is 16.3. The molecule has 1 fully saturated rings. The van der Waals surface area contributed by atoms with Crippen molar-refractivity contribution >= 4 is 17.4 Å². The number of carbonyl (C=O) groups excluding carboxylic acids is 1. The molecule has 1 saturated heterocycles. The van der Waals surface area contributed by atoms with Crippen molar-refractivity contribution in [3.63, 3.8) is 0 Å². The number of urea groups is 1. The Hall–Kier alpha value is -2.61. The molecule has 3 heterocycles. The standard InChI is InChI=1S/C19H27N5O3/c1-12(14-10-20-23(3)11-14)18-16(13(2)27-4)9-17(21-18)22-19(26)24-7-5-15(25)6-8-24/h10-11,15,25H,5-9H2,1-4H3,(H,21,22,26)/b16-13+,18-12-. The van der Waals surface area contributed by atoms with Crippen LogP contribution < -0.4 is 5.32 Å². The maximum absolute atomic E-state index is 12.5. The third-order valence-electron chi connectivity index (χ3n) is 5.10. The molecule has 0 radical (unpaired) electrons. The number of amidine groups is 1. The van der Waals surface area contributed by atoms with E-state index in [4.69, 9.17) is 4.74 Å². The molecule has 0 aliphatic carbocycles. The molecule has 27 heavy (non-hydrogen) atoms. The van der Waals surface area contributed by atoms with Crippen LogP contribution in [0.4, 0.5) is 4.79 Å². The summed E-state index contributed by atoms with van der Waals surface area (Å²) < 4.78 is 7.19. The van der Waals surface area contributed by atoms with Crippen molar-refractivity contribution in [3.05, 3.63) is 35.0 Å². The number of aliphatic hydroxyl groups is 1. The molecular formula is C19H27N5O3. The number of ether oxygens (including phenoxy) is 1. The quantitative estimate of drug-likeness (QED) is 0.776. The van der Waals surface area contributed by atoms with Gasteiger partial charge in [0.15, 0.2) is 0 Å². The van der Waals surface area contributed by atoms with Crippen LogP contribution >= 0.6 is 0 Å². The Morgan fingerprint density at radius 1 is 1.33 bits per heavy atom. The van der Waals surface area contributed by atoms with E-state index in [2.05, 4.69) is 15.4 Å². The number of aliphatic imine (C=N–C) groups is 1. The highest BCUT2D eigenvalue weighted by molar-refractivity contribution is 6.02. The number of nitrogens with zero attached hydrogens (tertiary/aromatic N) is 4. The second-order valence-corrected chi connectivity index (χ2v) is 7.00. The summed E-state index contributed by atoms with van der Waals surface area (Å²) in [5, 5.41) is 16.8. The van der Waals surface area contributed by atoms with E-state index in [1.54, 1.807) is 22.9 Å². The minimum absolute atomic E-state index is 0.171. The summed E-state index contributed by atoms with van der Waals surface area (Å²) in [5.74, 6) is 1.39. The average molecular weight is 373 g/mol. The number of hydrogen-bond donors (Lipinski definition) is 2. The lowest BCUT2D eigenvalue weighted by Gasteiger charge is -2.29. The van der Waals surface area contributed by atoms with Gasteiger partial charge in [0.2, 0.25) is 0 Å². The lowest BCUT2D eigenvalue weighted by molar-refractivity contribution is 0.0949. The van der Waals surface area contributed by atoms with E-state index in [1.165, 1.54) is 0 Å². The predicted octanol–water partition coefficient (Wildman–Crippen LogP) is 2.04. The number of allylic oxidation sites excluding steroid dienone is 3. The third-order valence-corrected chi connectivity index (χ3v) is 5.10. The van der Waals surface area contributed by atoms with Crippen molar-refractivity contribution < 1.29 is 14.6 Å². The molecule has 8 nitrogen and oxygen atoms in total. The number of piperidine rings is 1. The number of likely N-dealkylation sites (tertiary alicyclic amines) is 1. The SMILES string of the molecule is CO/C(C)=C1\CC(NC(=O)N2CCC(O)CC2)=N\C1=C(\C)c1cnn(C)c1. The summed E-state index contributed by atoms with van der Waals surface area (Å²) in [7, 11) is 3.51. The molecule has 0 saturated carbocycles. The van der Waals surface area contributed by atoms with Crippen LogP contribution in [0.15, 0.2) is 34.4 Å². The zero-order chi connectivity index (χ0) is 19.6. The van der Waals surface area contributed by atoms with Crippen LogP contribution in [0, 0.1) is 0 Å². The molecule has 0 bridgehead atoms. The summed E-state index contributed by atoms with van der Waals surface area (Å²) in [6.45, 7) is 5.00. The van der Waals surface area contributed by atoms with Crippen molar-refractivity contribution in [2.45, 2.75) is 39.2 Å². The number of aliphatic hydroxyl groups excluding tert-OH is 1. The Labute approximate surface area is 159 Å². The molecule has 146 valence electrons. The van der Waals surface area contributed by atoms with E-state index in [0.717, 1.165) is 28.2 Å². The van der Waals surface area contributed by atoms with Crippen LogP contribution in [0.5, 0.6) is 0 Å². The maximum atomic E-state index is 12.5. The van der Waals surface area contributed by atoms with Gasteiger partial charge in [-0.05, 0) is 32.3 Å². The summed E-state index contributed by atoms with van der Waals surface area (Å²) in [6.07, 6.45) is 5.15. The second kappa shape index (κ2) is 7.96. The molecule has 2 aliphatic rings. The molecule has 0 spiro atoms. The summed E-state index contributed by atoms with van der Waals surface area (Å²) in [5.41, 5.74) is 3.74. The van der Waals surface area contributed by atoms with Gasteiger partial charge >= 0.3 is 6.03 Å². The van der Waals surface area contributed by atoms with Crippen LogP contribution in [0.1, 0.15) is 38.7 Å². The molecule has 2 aliphatic heterocycles. The first-order valence-corrected chi connectivity index (χ1v) is 9.14. The first-order valence-electron chi connectivity index (χ1n) is 9.14. The largest absolute Gasteiger partial charge is 0.501 e. The lowest BCUT2D eigenvalue weighted by atomic mass is 10.0. The van der Waals surface area contributed by atoms with Gasteiger partial charge in [-0.15, -0.1) is 0 Å². The molecule has 3 rings (SSSR count). The van der Waals surface area contributed by atoms with Crippen LogP contribution in [0.3, 0.4) is 0 Å². The molecule has 0 aromatic carbocycles. The van der Waals surface area contributed by atoms with E-state index in [-0.39, 0.29) is 12.1 Å². The molecule has 1 aromatic heterocycles. The van der Waals surface area contributed by atoms with Crippen molar-refractivity contribution in [3.8, 4) is 0 Å². The number of aryl methyl sites for hydroxylation is 1. The van der Waals surface area contributed by atoms with E-state index in [0.29, 0.717) is 38.2 Å². The number of rotatable bonds is 2. The Morgan fingerprint density at radius 2 is 2.04 bits per heavy atom. The first-order chi connectivity index (χ1) is 12.9. The van der Waals surface area contributed by atoms with Crippen LogP contribution in [-0.4, -0.2) is 58.0 Å². The Balaban J connectivity index is 1.83. The average Bonchev–Trinajstić information content (AvgIpc) is 3.27. The van der Waals surface area contributed by atoms with Gasteiger partial charge in [0, 0.05) is 43.9 Å². The number of hydrogen-bond acceptors (Lipinski definition) is 5. The first kappa shape index (κ1) is 19.2. The van der Waals surface area contributed by atoms with Crippen molar-refractivity contribution in [2.75, 3.05) is 20.2 Å².